The van der Waals surface area contributed by atoms with Gasteiger partial charge in [-0.1, -0.05) is 35.3 Å². The number of furan rings is 1. The van der Waals surface area contributed by atoms with Gasteiger partial charge >= 0.3 is 5.97 Å². The van der Waals surface area contributed by atoms with E-state index in [9.17, 15) is 9.59 Å². The minimum atomic E-state index is -0.958. The van der Waals surface area contributed by atoms with Crippen LogP contribution in [0.25, 0.3) is 11.3 Å². The quantitative estimate of drug-likeness (QED) is 0.616. The van der Waals surface area contributed by atoms with Crippen LogP contribution in [-0.4, -0.2) is 24.5 Å². The first kappa shape index (κ1) is 18.1. The number of ether oxygens (including phenoxy) is 1. The topological polar surface area (TPSA) is 68.5 Å². The zero-order chi connectivity index (χ0) is 17.7. The van der Waals surface area contributed by atoms with E-state index in [1.807, 2.05) is 0 Å². The molecule has 0 aliphatic heterocycles. The van der Waals surface area contributed by atoms with E-state index in [4.69, 9.17) is 32.4 Å². The Bertz CT molecular complexity index is 770. The molecular weight excluding hydrogens is 353 g/mol. The third-order valence-electron chi connectivity index (χ3n) is 3.10. The average Bonchev–Trinajstić information content (AvgIpc) is 3.04. The molecule has 126 valence electrons. The van der Waals surface area contributed by atoms with Crippen molar-refractivity contribution in [3.63, 3.8) is 0 Å². The van der Waals surface area contributed by atoms with Crippen molar-refractivity contribution in [1.29, 1.82) is 0 Å². The van der Waals surface area contributed by atoms with Crippen LogP contribution in [0.1, 0.15) is 17.5 Å². The van der Waals surface area contributed by atoms with Crippen LogP contribution >= 0.6 is 23.2 Å². The summed E-state index contributed by atoms with van der Waals surface area (Å²) in [6, 6.07) is 8.11. The molecule has 1 heterocycles. The second-order valence-electron chi connectivity index (χ2n) is 4.85. The lowest BCUT2D eigenvalue weighted by Gasteiger charge is -2.11. The highest BCUT2D eigenvalue weighted by atomic mass is 35.5. The van der Waals surface area contributed by atoms with Gasteiger partial charge in [0.25, 0.3) is 5.91 Å². The third-order valence-corrected chi connectivity index (χ3v) is 3.92. The van der Waals surface area contributed by atoms with Gasteiger partial charge in [0.15, 0.2) is 6.10 Å². The highest BCUT2D eigenvalue weighted by molar-refractivity contribution is 6.43. The van der Waals surface area contributed by atoms with Gasteiger partial charge in [0, 0.05) is 12.1 Å². The molecule has 2 aromatic rings. The van der Waals surface area contributed by atoms with E-state index >= 15 is 0 Å². The summed E-state index contributed by atoms with van der Waals surface area (Å²) in [4.78, 5) is 23.7. The van der Waals surface area contributed by atoms with Crippen LogP contribution in [0.3, 0.4) is 0 Å². The molecule has 2 rings (SSSR count). The summed E-state index contributed by atoms with van der Waals surface area (Å²) < 4.78 is 10.5. The molecule has 1 N–H and O–H groups in total. The van der Waals surface area contributed by atoms with E-state index < -0.39 is 18.0 Å². The Labute approximate surface area is 149 Å². The molecule has 0 spiro atoms. The number of rotatable bonds is 6. The molecule has 0 fully saturated rings. The predicted molar refractivity (Wildman–Crippen MR) is 92.2 cm³/mol. The largest absolute Gasteiger partial charge is 0.449 e. The third kappa shape index (κ3) is 4.19. The van der Waals surface area contributed by atoms with Crippen LogP contribution in [0.5, 0.6) is 0 Å². The summed E-state index contributed by atoms with van der Waals surface area (Å²) in [5, 5.41) is 3.24. The number of carbonyl (C=O) groups excluding carboxylic acids is 2. The maximum atomic E-state index is 12.1. The van der Waals surface area contributed by atoms with Crippen molar-refractivity contribution >= 4 is 35.1 Å². The lowest BCUT2D eigenvalue weighted by atomic mass is 10.2. The molecule has 0 aliphatic carbocycles. The van der Waals surface area contributed by atoms with Gasteiger partial charge in [0.2, 0.25) is 5.76 Å². The van der Waals surface area contributed by atoms with E-state index in [-0.39, 0.29) is 5.76 Å². The van der Waals surface area contributed by atoms with E-state index in [1.165, 1.54) is 19.1 Å². The minimum absolute atomic E-state index is 0.0376. The Morgan fingerprint density at radius 1 is 1.33 bits per heavy atom. The number of amides is 1. The van der Waals surface area contributed by atoms with Crippen molar-refractivity contribution in [3.05, 3.63) is 58.8 Å². The number of hydrogen-bond donors (Lipinski definition) is 1. The molecule has 1 amide bonds. The number of hydrogen-bond acceptors (Lipinski definition) is 4. The van der Waals surface area contributed by atoms with Gasteiger partial charge in [-0.05, 0) is 31.2 Å². The SMILES string of the molecule is C=CCNC(=O)[C@H](C)OC(=O)c1ccc(-c2cccc(Cl)c2Cl)o1. The molecule has 0 bridgehead atoms. The summed E-state index contributed by atoms with van der Waals surface area (Å²) in [6.45, 7) is 5.24. The summed E-state index contributed by atoms with van der Waals surface area (Å²) in [6.07, 6.45) is 0.570. The van der Waals surface area contributed by atoms with Crippen molar-refractivity contribution in [1.82, 2.24) is 5.32 Å². The Morgan fingerprint density at radius 2 is 2.08 bits per heavy atom. The van der Waals surface area contributed by atoms with E-state index in [2.05, 4.69) is 11.9 Å². The molecule has 1 atom stereocenters. The Morgan fingerprint density at radius 3 is 2.79 bits per heavy atom. The number of benzene rings is 1. The first-order chi connectivity index (χ1) is 11.4. The lowest BCUT2D eigenvalue weighted by molar-refractivity contribution is -0.128. The van der Waals surface area contributed by atoms with E-state index in [1.54, 1.807) is 24.3 Å². The number of esters is 1. The van der Waals surface area contributed by atoms with Crippen LogP contribution < -0.4 is 5.32 Å². The van der Waals surface area contributed by atoms with Crippen LogP contribution in [0.2, 0.25) is 10.0 Å². The minimum Gasteiger partial charge on any atom is -0.449 e. The molecule has 1 aromatic carbocycles. The van der Waals surface area contributed by atoms with Gasteiger partial charge in [-0.3, -0.25) is 4.79 Å². The smallest absolute Gasteiger partial charge is 0.375 e. The predicted octanol–water partition coefficient (Wildman–Crippen LogP) is 4.10. The summed E-state index contributed by atoms with van der Waals surface area (Å²) >= 11 is 12.1. The molecule has 1 aromatic heterocycles. The Hall–Kier alpha value is -2.24. The van der Waals surface area contributed by atoms with Crippen molar-refractivity contribution in [2.75, 3.05) is 6.54 Å². The fourth-order valence-electron chi connectivity index (χ4n) is 1.88. The molecule has 0 unspecified atom stereocenters. The molecule has 0 aliphatic rings. The highest BCUT2D eigenvalue weighted by Gasteiger charge is 2.21. The first-order valence-corrected chi connectivity index (χ1v) is 7.83. The molecule has 0 saturated carbocycles. The molecule has 7 heteroatoms. The first-order valence-electron chi connectivity index (χ1n) is 7.08. The Kier molecular flexibility index (Phi) is 6.06. The van der Waals surface area contributed by atoms with E-state index in [0.29, 0.717) is 27.9 Å². The highest BCUT2D eigenvalue weighted by Crippen LogP contribution is 2.34. The van der Waals surface area contributed by atoms with Crippen molar-refractivity contribution in [2.24, 2.45) is 0 Å². The molecule has 24 heavy (non-hydrogen) atoms. The second-order valence-corrected chi connectivity index (χ2v) is 5.63. The van der Waals surface area contributed by atoms with E-state index in [0.717, 1.165) is 0 Å². The van der Waals surface area contributed by atoms with Crippen LogP contribution in [-0.2, 0) is 9.53 Å². The van der Waals surface area contributed by atoms with Gasteiger partial charge in [-0.15, -0.1) is 6.58 Å². The maximum Gasteiger partial charge on any atom is 0.375 e. The second kappa shape index (κ2) is 8.04. The molecule has 5 nitrogen and oxygen atoms in total. The monoisotopic (exact) mass is 367 g/mol. The van der Waals surface area contributed by atoms with Crippen LogP contribution in [0.4, 0.5) is 0 Å². The molecule has 0 radical (unpaired) electrons. The van der Waals surface area contributed by atoms with Crippen LogP contribution in [0.15, 0.2) is 47.4 Å². The van der Waals surface area contributed by atoms with Gasteiger partial charge in [-0.25, -0.2) is 4.79 Å². The Balaban J connectivity index is 2.10. The fourth-order valence-corrected chi connectivity index (χ4v) is 2.27. The molecule has 0 saturated heterocycles. The standard InChI is InChI=1S/C17H15Cl2NO4/c1-3-9-20-16(21)10(2)23-17(22)14-8-7-13(24-14)11-5-4-6-12(18)15(11)19/h3-8,10H,1,9H2,2H3,(H,20,21)/t10-/m0/s1. The number of halogens is 2. The summed E-state index contributed by atoms with van der Waals surface area (Å²) in [5.74, 6) is -0.837. The van der Waals surface area contributed by atoms with Crippen LogP contribution in [0, 0.1) is 0 Å². The average molecular weight is 368 g/mol. The summed E-state index contributed by atoms with van der Waals surface area (Å²) in [5.41, 5.74) is 0.556. The zero-order valence-corrected chi connectivity index (χ0v) is 14.4. The summed E-state index contributed by atoms with van der Waals surface area (Å²) in [7, 11) is 0. The normalized spacial score (nSPS) is 11.6. The lowest BCUT2D eigenvalue weighted by Crippen LogP contribution is -2.35. The fraction of sp³-hybridized carbons (Fsp3) is 0.176. The van der Waals surface area contributed by atoms with Crippen molar-refractivity contribution in [3.8, 4) is 11.3 Å². The van der Waals surface area contributed by atoms with Gasteiger partial charge < -0.3 is 14.5 Å². The maximum absolute atomic E-state index is 12.1. The van der Waals surface area contributed by atoms with Gasteiger partial charge in [-0.2, -0.15) is 0 Å². The molecular formula is C17H15Cl2NO4. The zero-order valence-electron chi connectivity index (χ0n) is 12.8. The van der Waals surface area contributed by atoms with Gasteiger partial charge in [0.1, 0.15) is 5.76 Å². The number of carbonyl (C=O) groups is 2. The van der Waals surface area contributed by atoms with Crippen molar-refractivity contribution < 1.29 is 18.7 Å². The van der Waals surface area contributed by atoms with Crippen molar-refractivity contribution in [2.45, 2.75) is 13.0 Å². The number of nitrogens with one attached hydrogen (secondary N) is 1. The van der Waals surface area contributed by atoms with Gasteiger partial charge in [0.05, 0.1) is 10.0 Å².